The molecule has 0 amide bonds. The molecule has 38 heavy (non-hydrogen) atoms. The van der Waals surface area contributed by atoms with E-state index in [1.807, 2.05) is 72.8 Å². The van der Waals surface area contributed by atoms with Crippen LogP contribution in [0.4, 0.5) is 0 Å². The average Bonchev–Trinajstić information content (AvgIpc) is 2.97. The molecule has 0 aliphatic heterocycles. The molecule has 0 N–H and O–H groups in total. The molecular formula is C32H20N2O4. The van der Waals surface area contributed by atoms with Gasteiger partial charge in [-0.2, -0.15) is 10.5 Å². The van der Waals surface area contributed by atoms with Crippen molar-refractivity contribution in [2.75, 3.05) is 0 Å². The first-order valence-corrected chi connectivity index (χ1v) is 11.7. The molecular weight excluding hydrogens is 476 g/mol. The van der Waals surface area contributed by atoms with Gasteiger partial charge in [0.25, 0.3) is 0 Å². The molecule has 0 atom stereocenters. The van der Waals surface area contributed by atoms with Crippen LogP contribution in [-0.2, 0) is 0 Å². The zero-order valence-electron chi connectivity index (χ0n) is 20.1. The Morgan fingerprint density at radius 2 is 0.737 bits per heavy atom. The van der Waals surface area contributed by atoms with Crippen molar-refractivity contribution in [1.82, 2.24) is 0 Å². The van der Waals surface area contributed by atoms with E-state index in [9.17, 15) is 10.5 Å². The number of nitriles is 2. The van der Waals surface area contributed by atoms with Gasteiger partial charge in [0.2, 0.25) is 0 Å². The molecule has 0 saturated heterocycles. The molecule has 0 unspecified atom stereocenters. The van der Waals surface area contributed by atoms with Crippen LogP contribution in [0, 0.1) is 22.7 Å². The van der Waals surface area contributed by atoms with Crippen molar-refractivity contribution in [3.63, 3.8) is 0 Å². The Bertz CT molecular complexity index is 1510. The number of ether oxygens (including phenoxy) is 4. The van der Waals surface area contributed by atoms with Crippen LogP contribution < -0.4 is 18.9 Å². The van der Waals surface area contributed by atoms with Crippen molar-refractivity contribution in [2.45, 2.75) is 0 Å². The first-order chi connectivity index (χ1) is 18.7. The van der Waals surface area contributed by atoms with Crippen LogP contribution in [0.5, 0.6) is 46.0 Å². The summed E-state index contributed by atoms with van der Waals surface area (Å²) < 4.78 is 24.5. The van der Waals surface area contributed by atoms with Gasteiger partial charge in [-0.15, -0.1) is 0 Å². The minimum absolute atomic E-state index is 0.386. The standard InChI is InChI=1S/C32H20N2O4/c33-21-23-15-17-29(31(19-23)35-25-9-3-1-4-10-25)37-27-13-7-8-14-28(27)38-30-18-16-24(22-34)20-32(30)36-26-11-5-2-6-12-26/h1-20H. The zero-order chi connectivity index (χ0) is 26.2. The molecule has 6 heteroatoms. The molecule has 0 aromatic heterocycles. The third-order valence-electron chi connectivity index (χ3n) is 5.38. The van der Waals surface area contributed by atoms with Gasteiger partial charge in [-0.3, -0.25) is 0 Å². The van der Waals surface area contributed by atoms with Crippen molar-refractivity contribution in [2.24, 2.45) is 0 Å². The van der Waals surface area contributed by atoms with E-state index in [1.54, 1.807) is 48.5 Å². The van der Waals surface area contributed by atoms with Crippen LogP contribution in [0.25, 0.3) is 0 Å². The van der Waals surface area contributed by atoms with E-state index in [0.29, 0.717) is 57.1 Å². The highest BCUT2D eigenvalue weighted by atomic mass is 16.6. The maximum atomic E-state index is 9.39. The molecule has 5 aromatic carbocycles. The second-order valence-corrected chi connectivity index (χ2v) is 8.03. The highest BCUT2D eigenvalue weighted by Crippen LogP contribution is 2.42. The SMILES string of the molecule is N#Cc1ccc(Oc2ccccc2Oc2ccc(C#N)cc2Oc2ccccc2)c(Oc2ccccc2)c1. The monoisotopic (exact) mass is 496 g/mol. The van der Waals surface area contributed by atoms with Crippen LogP contribution in [0.2, 0.25) is 0 Å². The molecule has 5 aromatic rings. The molecule has 5 rings (SSSR count). The summed E-state index contributed by atoms with van der Waals surface area (Å²) in [6, 6.07) is 39.8. The molecule has 0 saturated carbocycles. The number of rotatable bonds is 8. The Morgan fingerprint density at radius 3 is 1.13 bits per heavy atom. The van der Waals surface area contributed by atoms with Crippen LogP contribution in [0.3, 0.4) is 0 Å². The Balaban J connectivity index is 1.46. The maximum absolute atomic E-state index is 9.39. The Labute approximate surface area is 220 Å². The molecule has 182 valence electrons. The van der Waals surface area contributed by atoms with Crippen LogP contribution in [-0.4, -0.2) is 0 Å². The summed E-state index contributed by atoms with van der Waals surface area (Å²) in [6.45, 7) is 0. The second kappa shape index (κ2) is 11.3. The molecule has 0 heterocycles. The predicted molar refractivity (Wildman–Crippen MR) is 142 cm³/mol. The minimum atomic E-state index is 0.386. The molecule has 0 spiro atoms. The largest absolute Gasteiger partial charge is 0.453 e. The van der Waals surface area contributed by atoms with Gasteiger partial charge < -0.3 is 18.9 Å². The summed E-state index contributed by atoms with van der Waals surface area (Å²) in [5, 5.41) is 18.8. The van der Waals surface area contributed by atoms with E-state index in [4.69, 9.17) is 18.9 Å². The zero-order valence-corrected chi connectivity index (χ0v) is 20.1. The van der Waals surface area contributed by atoms with Crippen LogP contribution >= 0.6 is 0 Å². The van der Waals surface area contributed by atoms with E-state index >= 15 is 0 Å². The van der Waals surface area contributed by atoms with Gasteiger partial charge in [0, 0.05) is 12.1 Å². The number of hydrogen-bond acceptors (Lipinski definition) is 6. The summed E-state index contributed by atoms with van der Waals surface area (Å²) >= 11 is 0. The predicted octanol–water partition coefficient (Wildman–Crippen LogP) is 8.60. The fourth-order valence-electron chi connectivity index (χ4n) is 3.57. The maximum Gasteiger partial charge on any atom is 0.171 e. The number of benzene rings is 5. The fourth-order valence-corrected chi connectivity index (χ4v) is 3.57. The minimum Gasteiger partial charge on any atom is -0.453 e. The molecule has 0 aliphatic carbocycles. The second-order valence-electron chi connectivity index (χ2n) is 8.03. The Kier molecular flexibility index (Phi) is 7.16. The van der Waals surface area contributed by atoms with Gasteiger partial charge in [0.1, 0.15) is 11.5 Å². The molecule has 0 bridgehead atoms. The van der Waals surface area contributed by atoms with Crippen LogP contribution in [0.15, 0.2) is 121 Å². The molecule has 0 fully saturated rings. The lowest BCUT2D eigenvalue weighted by Gasteiger charge is -2.17. The Morgan fingerprint density at radius 1 is 0.368 bits per heavy atom. The van der Waals surface area contributed by atoms with Crippen molar-refractivity contribution in [3.8, 4) is 58.1 Å². The summed E-state index contributed by atoms with van der Waals surface area (Å²) in [5.41, 5.74) is 0.876. The van der Waals surface area contributed by atoms with Gasteiger partial charge in [-0.1, -0.05) is 48.5 Å². The summed E-state index contributed by atoms with van der Waals surface area (Å²) in [5.74, 6) is 3.65. The quantitative estimate of drug-likeness (QED) is 0.214. The van der Waals surface area contributed by atoms with Crippen molar-refractivity contribution < 1.29 is 18.9 Å². The number of para-hydroxylation sites is 4. The van der Waals surface area contributed by atoms with Crippen LogP contribution in [0.1, 0.15) is 11.1 Å². The lowest BCUT2D eigenvalue weighted by atomic mass is 10.2. The summed E-state index contributed by atoms with van der Waals surface area (Å²) in [4.78, 5) is 0. The normalized spacial score (nSPS) is 10.1. The van der Waals surface area contributed by atoms with Gasteiger partial charge in [0.15, 0.2) is 34.5 Å². The van der Waals surface area contributed by atoms with Crippen molar-refractivity contribution in [1.29, 1.82) is 10.5 Å². The molecule has 0 aliphatic rings. The van der Waals surface area contributed by atoms with Gasteiger partial charge in [-0.05, 0) is 60.7 Å². The van der Waals surface area contributed by atoms with E-state index in [0.717, 1.165) is 0 Å². The average molecular weight is 497 g/mol. The topological polar surface area (TPSA) is 84.5 Å². The first kappa shape index (κ1) is 24.0. The number of hydrogen-bond donors (Lipinski definition) is 0. The summed E-state index contributed by atoms with van der Waals surface area (Å²) in [7, 11) is 0. The van der Waals surface area contributed by atoms with E-state index in [2.05, 4.69) is 12.1 Å². The third kappa shape index (κ3) is 5.73. The highest BCUT2D eigenvalue weighted by molar-refractivity contribution is 5.55. The number of nitrogens with zero attached hydrogens (tertiary/aromatic N) is 2. The van der Waals surface area contributed by atoms with Crippen molar-refractivity contribution >= 4 is 0 Å². The smallest absolute Gasteiger partial charge is 0.171 e. The molecule has 6 nitrogen and oxygen atoms in total. The first-order valence-electron chi connectivity index (χ1n) is 11.7. The highest BCUT2D eigenvalue weighted by Gasteiger charge is 2.15. The molecule has 0 radical (unpaired) electrons. The van der Waals surface area contributed by atoms with E-state index in [-0.39, 0.29) is 0 Å². The van der Waals surface area contributed by atoms with Gasteiger partial charge >= 0.3 is 0 Å². The van der Waals surface area contributed by atoms with E-state index < -0.39 is 0 Å². The lowest BCUT2D eigenvalue weighted by molar-refractivity contribution is 0.382. The lowest BCUT2D eigenvalue weighted by Crippen LogP contribution is -1.95. The van der Waals surface area contributed by atoms with E-state index in [1.165, 1.54) is 0 Å². The van der Waals surface area contributed by atoms with Gasteiger partial charge in [0.05, 0.1) is 23.3 Å². The fraction of sp³-hybridized carbons (Fsp3) is 0. The third-order valence-corrected chi connectivity index (χ3v) is 5.38. The summed E-state index contributed by atoms with van der Waals surface area (Å²) in [6.07, 6.45) is 0. The van der Waals surface area contributed by atoms with Gasteiger partial charge in [-0.25, -0.2) is 0 Å². The van der Waals surface area contributed by atoms with Crippen molar-refractivity contribution in [3.05, 3.63) is 132 Å². The Hall–Kier alpha value is -5.72.